The smallest absolute Gasteiger partial charge is 0.413 e. The van der Waals surface area contributed by atoms with E-state index in [9.17, 15) is 14.4 Å². The largest absolute Gasteiger partial charge is 0.481 e. The number of carbonyl (C=O) groups is 3. The first-order valence-electron chi connectivity index (χ1n) is 10.6. The fraction of sp³-hybridized carbons (Fsp3) is 0.250. The number of thiazole rings is 1. The summed E-state index contributed by atoms with van der Waals surface area (Å²) in [5, 5.41) is 16.0. The molecule has 2 aliphatic rings. The number of carboxylic acids is 1. The number of ether oxygens (including phenoxy) is 1. The molecule has 3 N–H and O–H groups in total. The van der Waals surface area contributed by atoms with Crippen LogP contribution in [0.5, 0.6) is 0 Å². The molecule has 2 amide bonds. The van der Waals surface area contributed by atoms with Gasteiger partial charge in [0.25, 0.3) is 5.91 Å². The van der Waals surface area contributed by atoms with Crippen LogP contribution in [0.3, 0.4) is 0 Å². The number of aliphatic carboxylic acids is 1. The highest BCUT2D eigenvalue weighted by molar-refractivity contribution is 7.14. The molecule has 8 nitrogen and oxygen atoms in total. The van der Waals surface area contributed by atoms with Gasteiger partial charge in [-0.15, -0.1) is 11.3 Å². The third kappa shape index (κ3) is 4.31. The molecule has 0 unspecified atom stereocenters. The number of benzene rings is 2. The Hall–Kier alpha value is -3.72. The monoisotopic (exact) mass is 463 g/mol. The topological polar surface area (TPSA) is 118 Å². The minimum atomic E-state index is -0.836. The summed E-state index contributed by atoms with van der Waals surface area (Å²) in [7, 11) is 0. The van der Waals surface area contributed by atoms with Crippen molar-refractivity contribution in [1.82, 2.24) is 10.3 Å². The number of carbonyl (C=O) groups excluding carboxylic acids is 2. The second-order valence-corrected chi connectivity index (χ2v) is 9.00. The van der Waals surface area contributed by atoms with Gasteiger partial charge in [0.2, 0.25) is 0 Å². The van der Waals surface area contributed by atoms with Crippen LogP contribution in [0.15, 0.2) is 53.9 Å². The molecule has 1 saturated carbocycles. The van der Waals surface area contributed by atoms with Crippen molar-refractivity contribution in [1.29, 1.82) is 0 Å². The molecule has 1 aromatic heterocycles. The molecule has 9 heteroatoms. The molecule has 0 spiro atoms. The Bertz CT molecular complexity index is 1190. The van der Waals surface area contributed by atoms with Crippen LogP contribution in [0.1, 0.15) is 34.0 Å². The number of amides is 2. The lowest BCUT2D eigenvalue weighted by atomic mass is 9.98. The summed E-state index contributed by atoms with van der Waals surface area (Å²) in [5.41, 5.74) is 4.72. The van der Waals surface area contributed by atoms with Crippen LogP contribution in [0.25, 0.3) is 11.1 Å². The fourth-order valence-electron chi connectivity index (χ4n) is 4.25. The Morgan fingerprint density at radius 1 is 1.06 bits per heavy atom. The third-order valence-electron chi connectivity index (χ3n) is 6.05. The van der Waals surface area contributed by atoms with Gasteiger partial charge in [0.15, 0.2) is 5.13 Å². The number of nitrogens with one attached hydrogen (secondary N) is 2. The van der Waals surface area contributed by atoms with E-state index in [4.69, 9.17) is 9.84 Å². The lowest BCUT2D eigenvalue weighted by Gasteiger charge is -2.14. The van der Waals surface area contributed by atoms with Crippen molar-refractivity contribution in [2.24, 2.45) is 11.8 Å². The van der Waals surface area contributed by atoms with Crippen LogP contribution < -0.4 is 10.6 Å². The van der Waals surface area contributed by atoms with Crippen molar-refractivity contribution in [3.63, 3.8) is 0 Å². The average Bonchev–Trinajstić information content (AvgIpc) is 3.35. The molecule has 0 bridgehead atoms. The second-order valence-electron chi connectivity index (χ2n) is 8.14. The van der Waals surface area contributed by atoms with E-state index in [1.807, 2.05) is 36.4 Å². The highest BCUT2D eigenvalue weighted by atomic mass is 32.1. The predicted molar refractivity (Wildman–Crippen MR) is 122 cm³/mol. The summed E-state index contributed by atoms with van der Waals surface area (Å²) in [6, 6.07) is 16.2. The van der Waals surface area contributed by atoms with E-state index < -0.39 is 18.0 Å². The lowest BCUT2D eigenvalue weighted by Crippen LogP contribution is -2.26. The van der Waals surface area contributed by atoms with Gasteiger partial charge in [-0.3, -0.25) is 14.9 Å². The molecule has 2 aliphatic carbocycles. The summed E-state index contributed by atoms with van der Waals surface area (Å²) >= 11 is 1.12. The highest BCUT2D eigenvalue weighted by Crippen LogP contribution is 2.44. The predicted octanol–water partition coefficient (Wildman–Crippen LogP) is 3.95. The first-order valence-corrected chi connectivity index (χ1v) is 11.5. The van der Waals surface area contributed by atoms with Crippen molar-refractivity contribution >= 4 is 34.4 Å². The molecule has 3 aromatic rings. The van der Waals surface area contributed by atoms with E-state index in [0.717, 1.165) is 33.6 Å². The molecule has 0 radical (unpaired) electrons. The van der Waals surface area contributed by atoms with E-state index in [1.54, 1.807) is 0 Å². The fourth-order valence-corrected chi connectivity index (χ4v) is 4.92. The van der Waals surface area contributed by atoms with Gasteiger partial charge in [0, 0.05) is 17.8 Å². The molecule has 168 valence electrons. The van der Waals surface area contributed by atoms with Crippen LogP contribution >= 0.6 is 11.3 Å². The van der Waals surface area contributed by atoms with Gasteiger partial charge in [0.1, 0.15) is 12.3 Å². The van der Waals surface area contributed by atoms with Crippen LogP contribution in [-0.4, -0.2) is 41.2 Å². The molecule has 0 saturated heterocycles. The molecule has 5 rings (SSSR count). The molecule has 33 heavy (non-hydrogen) atoms. The zero-order valence-electron chi connectivity index (χ0n) is 17.5. The van der Waals surface area contributed by atoms with Crippen molar-refractivity contribution in [2.75, 3.05) is 18.5 Å². The van der Waals surface area contributed by atoms with Gasteiger partial charge >= 0.3 is 12.1 Å². The van der Waals surface area contributed by atoms with E-state index in [1.165, 1.54) is 5.38 Å². The standard InChI is InChI=1S/C24H21N3O5S/c28-21(25-10-13-9-18(13)22(29)30)20-12-33-23(26-20)27-24(31)32-11-19-16-7-3-1-5-14(16)15-6-2-4-8-17(15)19/h1-8,12-13,18-19H,9-11H2,(H,25,28)(H,29,30)(H,26,27,31)/t13-,18-/m0/s1. The lowest BCUT2D eigenvalue weighted by molar-refractivity contribution is -0.138. The average molecular weight is 464 g/mol. The van der Waals surface area contributed by atoms with E-state index >= 15 is 0 Å². The zero-order valence-corrected chi connectivity index (χ0v) is 18.3. The third-order valence-corrected chi connectivity index (χ3v) is 6.81. The number of rotatable bonds is 7. The van der Waals surface area contributed by atoms with Gasteiger partial charge in [0.05, 0.1) is 5.92 Å². The van der Waals surface area contributed by atoms with Crippen molar-refractivity contribution < 1.29 is 24.2 Å². The van der Waals surface area contributed by atoms with E-state index in [2.05, 4.69) is 27.8 Å². The Labute approximate surface area is 193 Å². The molecular weight excluding hydrogens is 442 g/mol. The number of carboxylic acid groups (broad SMARTS) is 1. The van der Waals surface area contributed by atoms with Gasteiger partial charge in [-0.25, -0.2) is 9.78 Å². The summed E-state index contributed by atoms with van der Waals surface area (Å²) in [6.45, 7) is 0.479. The van der Waals surface area contributed by atoms with Gasteiger partial charge in [-0.1, -0.05) is 48.5 Å². The van der Waals surface area contributed by atoms with Crippen LogP contribution in [-0.2, 0) is 9.53 Å². The number of hydrogen-bond donors (Lipinski definition) is 3. The number of fused-ring (bicyclic) bond motifs is 3. The number of hydrogen-bond acceptors (Lipinski definition) is 6. The van der Waals surface area contributed by atoms with Crippen LogP contribution in [0, 0.1) is 11.8 Å². The van der Waals surface area contributed by atoms with Crippen LogP contribution in [0.4, 0.5) is 9.93 Å². The van der Waals surface area contributed by atoms with Crippen molar-refractivity contribution in [2.45, 2.75) is 12.3 Å². The number of anilines is 1. The molecular formula is C24H21N3O5S. The maximum Gasteiger partial charge on any atom is 0.413 e. The van der Waals surface area contributed by atoms with Crippen molar-refractivity contribution in [3.8, 4) is 11.1 Å². The molecule has 2 aromatic carbocycles. The molecule has 1 heterocycles. The molecule has 0 aliphatic heterocycles. The van der Waals surface area contributed by atoms with E-state index in [-0.39, 0.29) is 35.2 Å². The number of aromatic nitrogens is 1. The van der Waals surface area contributed by atoms with Crippen molar-refractivity contribution in [3.05, 3.63) is 70.7 Å². The van der Waals surface area contributed by atoms with E-state index in [0.29, 0.717) is 13.0 Å². The minimum absolute atomic E-state index is 0.0384. The van der Waals surface area contributed by atoms with Gasteiger partial charge in [-0.05, 0) is 34.6 Å². The summed E-state index contributed by atoms with van der Waals surface area (Å²) in [5.74, 6) is -1.70. The van der Waals surface area contributed by atoms with Crippen LogP contribution in [0.2, 0.25) is 0 Å². The summed E-state index contributed by atoms with van der Waals surface area (Å²) in [4.78, 5) is 39.6. The normalized spacial score (nSPS) is 18.2. The maximum absolute atomic E-state index is 12.4. The first-order chi connectivity index (χ1) is 16.0. The zero-order chi connectivity index (χ0) is 22.9. The maximum atomic E-state index is 12.4. The Morgan fingerprint density at radius 2 is 1.73 bits per heavy atom. The molecule has 1 fully saturated rings. The van der Waals surface area contributed by atoms with Gasteiger partial charge in [-0.2, -0.15) is 0 Å². The Morgan fingerprint density at radius 3 is 2.36 bits per heavy atom. The Balaban J connectivity index is 1.15. The SMILES string of the molecule is O=C(Nc1nc(C(=O)NC[C@@H]2C[C@@H]2C(=O)O)cs1)OCC1c2ccccc2-c2ccccc21. The summed E-state index contributed by atoms with van der Waals surface area (Å²) in [6.07, 6.45) is -0.0678. The quantitative estimate of drug-likeness (QED) is 0.488. The van der Waals surface area contributed by atoms with Gasteiger partial charge < -0.3 is 15.2 Å². The second kappa shape index (κ2) is 8.67. The first kappa shape index (κ1) is 21.1. The molecule has 2 atom stereocenters. The highest BCUT2D eigenvalue weighted by Gasteiger charge is 2.43. The minimum Gasteiger partial charge on any atom is -0.481 e. The Kier molecular flexibility index (Phi) is 5.55. The number of nitrogens with zero attached hydrogens (tertiary/aromatic N) is 1. The summed E-state index contributed by atoms with van der Waals surface area (Å²) < 4.78 is 5.50.